The minimum Gasteiger partial charge on any atom is -0.492 e. The zero-order valence-corrected chi connectivity index (χ0v) is 16.4. The third kappa shape index (κ3) is 3.31. The van der Waals surface area contributed by atoms with Gasteiger partial charge in [0.15, 0.2) is 0 Å². The summed E-state index contributed by atoms with van der Waals surface area (Å²) in [5, 5.41) is 12.3. The first-order valence-electron chi connectivity index (χ1n) is 10.4. The summed E-state index contributed by atoms with van der Waals surface area (Å²) in [6.07, 6.45) is 6.86. The normalized spacial score (nSPS) is 19.8. The second-order valence-electron chi connectivity index (χ2n) is 8.28. The second kappa shape index (κ2) is 7.07. The number of fused-ring (bicyclic) bond motifs is 1. The number of aromatic nitrogens is 1. The number of nitrogens with one attached hydrogen (secondary N) is 1. The maximum atomic E-state index is 13.0. The number of ether oxygens (including phenoxy) is 1. The molecule has 6 nitrogen and oxygen atoms in total. The Bertz CT molecular complexity index is 967. The summed E-state index contributed by atoms with van der Waals surface area (Å²) in [7, 11) is 0. The molecule has 1 aliphatic carbocycles. The van der Waals surface area contributed by atoms with Crippen molar-refractivity contribution in [1.29, 1.82) is 5.26 Å². The van der Waals surface area contributed by atoms with Crippen molar-refractivity contribution in [2.24, 2.45) is 5.92 Å². The van der Waals surface area contributed by atoms with Crippen LogP contribution in [0.4, 0.5) is 5.69 Å². The lowest BCUT2D eigenvalue weighted by molar-refractivity contribution is 0.0903. The van der Waals surface area contributed by atoms with Gasteiger partial charge in [-0.2, -0.15) is 5.26 Å². The van der Waals surface area contributed by atoms with Gasteiger partial charge in [-0.3, -0.25) is 4.79 Å². The number of rotatable bonds is 4. The highest BCUT2D eigenvalue weighted by Crippen LogP contribution is 2.47. The van der Waals surface area contributed by atoms with Crippen molar-refractivity contribution in [3.63, 3.8) is 0 Å². The number of nitrogens with zero attached hydrogens (tertiary/aromatic N) is 3. The number of carbonyl (C=O) groups excluding carboxylic acids is 1. The van der Waals surface area contributed by atoms with E-state index in [1.807, 2.05) is 24.3 Å². The van der Waals surface area contributed by atoms with Gasteiger partial charge in [-0.25, -0.2) is 4.98 Å². The van der Waals surface area contributed by atoms with Crippen molar-refractivity contribution in [3.8, 4) is 11.8 Å². The van der Waals surface area contributed by atoms with Crippen LogP contribution in [0.2, 0.25) is 0 Å². The van der Waals surface area contributed by atoms with Crippen LogP contribution in [-0.4, -0.2) is 36.1 Å². The molecule has 3 aliphatic rings. The van der Waals surface area contributed by atoms with Crippen molar-refractivity contribution >= 4 is 11.6 Å². The molecule has 2 fully saturated rings. The number of anilines is 1. The van der Waals surface area contributed by atoms with Gasteiger partial charge in [-0.15, -0.1) is 0 Å². The lowest BCUT2D eigenvalue weighted by atomic mass is 9.86. The molecule has 0 atom stereocenters. The molecular weight excluding hydrogens is 364 g/mol. The highest BCUT2D eigenvalue weighted by molar-refractivity contribution is 5.98. The van der Waals surface area contributed by atoms with Crippen molar-refractivity contribution in [1.82, 2.24) is 10.3 Å². The number of para-hydroxylation sites is 1. The number of piperidine rings is 1. The first-order valence-corrected chi connectivity index (χ1v) is 10.4. The molecule has 0 bridgehead atoms. The summed E-state index contributed by atoms with van der Waals surface area (Å²) in [5.74, 6) is 1.26. The Morgan fingerprint density at radius 2 is 2.07 bits per heavy atom. The van der Waals surface area contributed by atoms with Gasteiger partial charge < -0.3 is 15.0 Å². The van der Waals surface area contributed by atoms with Crippen LogP contribution in [0.5, 0.6) is 5.75 Å². The molecule has 1 saturated heterocycles. The van der Waals surface area contributed by atoms with Crippen molar-refractivity contribution in [3.05, 3.63) is 53.3 Å². The average Bonchev–Trinajstić information content (AvgIpc) is 3.38. The molecule has 1 saturated carbocycles. The predicted octanol–water partition coefficient (Wildman–Crippen LogP) is 3.07. The summed E-state index contributed by atoms with van der Waals surface area (Å²) < 4.78 is 5.72. The number of hydrogen-bond donors (Lipinski definition) is 1. The van der Waals surface area contributed by atoms with E-state index >= 15 is 0 Å². The van der Waals surface area contributed by atoms with Gasteiger partial charge in [0, 0.05) is 25.0 Å². The van der Waals surface area contributed by atoms with Gasteiger partial charge in [0.2, 0.25) is 0 Å². The number of benzene rings is 1. The Labute approximate surface area is 170 Å². The maximum Gasteiger partial charge on any atom is 0.255 e. The maximum absolute atomic E-state index is 13.0. The molecule has 6 heteroatoms. The molecule has 1 aromatic heterocycles. The summed E-state index contributed by atoms with van der Waals surface area (Å²) in [6.45, 7) is 2.55. The monoisotopic (exact) mass is 388 g/mol. The van der Waals surface area contributed by atoms with Gasteiger partial charge >= 0.3 is 0 Å². The number of pyridine rings is 1. The molecule has 148 valence electrons. The number of nitriles is 1. The molecule has 1 N–H and O–H groups in total. The molecule has 0 spiro atoms. The minimum atomic E-state index is -0.0621. The average molecular weight is 388 g/mol. The highest BCUT2D eigenvalue weighted by Gasteiger charge is 2.51. The van der Waals surface area contributed by atoms with Crippen LogP contribution >= 0.6 is 0 Å². The fourth-order valence-electron chi connectivity index (χ4n) is 4.79. The van der Waals surface area contributed by atoms with E-state index in [1.165, 1.54) is 0 Å². The first-order chi connectivity index (χ1) is 14.2. The van der Waals surface area contributed by atoms with Crippen LogP contribution < -0.4 is 15.0 Å². The third-order valence-electron chi connectivity index (χ3n) is 6.61. The van der Waals surface area contributed by atoms with E-state index in [2.05, 4.69) is 21.3 Å². The van der Waals surface area contributed by atoms with Gasteiger partial charge in [0.05, 0.1) is 24.1 Å². The Kier molecular flexibility index (Phi) is 4.39. The number of carbonyl (C=O) groups is 1. The van der Waals surface area contributed by atoms with Crippen molar-refractivity contribution in [2.75, 3.05) is 24.6 Å². The highest BCUT2D eigenvalue weighted by atomic mass is 16.5. The van der Waals surface area contributed by atoms with Crippen LogP contribution in [0.3, 0.4) is 0 Å². The zero-order valence-electron chi connectivity index (χ0n) is 16.4. The number of hydrogen-bond acceptors (Lipinski definition) is 5. The summed E-state index contributed by atoms with van der Waals surface area (Å²) >= 11 is 0. The Morgan fingerprint density at radius 3 is 2.76 bits per heavy atom. The van der Waals surface area contributed by atoms with E-state index in [0.29, 0.717) is 23.8 Å². The molecule has 2 aromatic rings. The van der Waals surface area contributed by atoms with E-state index in [4.69, 9.17) is 10.00 Å². The Balaban J connectivity index is 1.23. The zero-order chi connectivity index (χ0) is 19.8. The van der Waals surface area contributed by atoms with Crippen molar-refractivity contribution in [2.45, 2.75) is 37.6 Å². The summed E-state index contributed by atoms with van der Waals surface area (Å²) in [4.78, 5) is 19.5. The Morgan fingerprint density at radius 1 is 1.24 bits per heavy atom. The fraction of sp³-hybridized carbons (Fsp3) is 0.435. The quantitative estimate of drug-likeness (QED) is 0.871. The lowest BCUT2D eigenvalue weighted by Gasteiger charge is -2.37. The van der Waals surface area contributed by atoms with E-state index in [0.717, 1.165) is 62.2 Å². The Hall–Kier alpha value is -3.07. The predicted molar refractivity (Wildman–Crippen MR) is 109 cm³/mol. The third-order valence-corrected chi connectivity index (χ3v) is 6.61. The van der Waals surface area contributed by atoms with Crippen LogP contribution in [0.1, 0.15) is 47.3 Å². The van der Waals surface area contributed by atoms with Crippen LogP contribution in [0.25, 0.3) is 0 Å². The van der Waals surface area contributed by atoms with Gasteiger partial charge in [0.1, 0.15) is 17.5 Å². The number of amides is 1. The smallest absolute Gasteiger partial charge is 0.255 e. The summed E-state index contributed by atoms with van der Waals surface area (Å²) in [5.41, 5.74) is 3.25. The van der Waals surface area contributed by atoms with Crippen LogP contribution in [-0.2, 0) is 6.42 Å². The minimum absolute atomic E-state index is 0.0000261. The molecule has 1 aromatic carbocycles. The van der Waals surface area contributed by atoms with E-state index in [-0.39, 0.29) is 11.4 Å². The molecule has 5 rings (SSSR count). The molecule has 0 radical (unpaired) electrons. The van der Waals surface area contributed by atoms with Crippen LogP contribution in [0, 0.1) is 17.2 Å². The van der Waals surface area contributed by atoms with Gasteiger partial charge in [0.25, 0.3) is 5.91 Å². The molecule has 29 heavy (non-hydrogen) atoms. The van der Waals surface area contributed by atoms with Crippen LogP contribution in [0.15, 0.2) is 36.5 Å². The molecule has 3 heterocycles. The van der Waals surface area contributed by atoms with E-state index < -0.39 is 0 Å². The molecule has 0 unspecified atom stereocenters. The van der Waals surface area contributed by atoms with Gasteiger partial charge in [-0.05, 0) is 55.4 Å². The largest absolute Gasteiger partial charge is 0.492 e. The van der Waals surface area contributed by atoms with Gasteiger partial charge in [-0.1, -0.05) is 12.1 Å². The standard InChI is InChI=1S/C23H24N4O2/c24-14-18-4-5-19(15-25-18)27-11-6-17(7-12-27)23(9-10-23)26-22(28)20-3-1-2-16-8-13-29-21(16)20/h1-5,15,17H,6-13H2,(H,26,28). The molecular formula is C23H24N4O2. The molecule has 2 aliphatic heterocycles. The molecule has 1 amide bonds. The second-order valence-corrected chi connectivity index (χ2v) is 8.28. The van der Waals surface area contributed by atoms with E-state index in [9.17, 15) is 4.79 Å². The topological polar surface area (TPSA) is 78.2 Å². The fourth-order valence-corrected chi connectivity index (χ4v) is 4.79. The lowest BCUT2D eigenvalue weighted by Crippen LogP contribution is -2.47. The van der Waals surface area contributed by atoms with E-state index in [1.54, 1.807) is 12.3 Å². The summed E-state index contributed by atoms with van der Waals surface area (Å²) in [6, 6.07) is 11.7. The SMILES string of the molecule is N#Cc1ccc(N2CCC(C3(NC(=O)c4cccc5c4OCC5)CC3)CC2)cn1. The van der Waals surface area contributed by atoms with Crippen molar-refractivity contribution < 1.29 is 9.53 Å². The first kappa shape index (κ1) is 18.0.